The molecule has 0 atom stereocenters. The zero-order valence-electron chi connectivity index (χ0n) is 8.42. The van der Waals surface area contributed by atoms with Gasteiger partial charge in [-0.05, 0) is 12.1 Å². The van der Waals surface area contributed by atoms with E-state index < -0.39 is 0 Å². The number of aromatic nitrogens is 2. The first-order chi connectivity index (χ1) is 7.84. The Morgan fingerprint density at radius 1 is 1.19 bits per heavy atom. The Labute approximate surface area is 96.6 Å². The van der Waals surface area contributed by atoms with E-state index in [1.165, 1.54) is 0 Å². The van der Waals surface area contributed by atoms with Crippen molar-refractivity contribution in [3.05, 3.63) is 42.2 Å². The molecular weight excluding hydrogens is 218 g/mol. The van der Waals surface area contributed by atoms with Gasteiger partial charge in [0.05, 0.1) is 5.69 Å². The number of fused-ring (bicyclic) bond motifs is 1. The Kier molecular flexibility index (Phi) is 2.08. The van der Waals surface area contributed by atoms with Gasteiger partial charge in [-0.15, -0.1) is 11.3 Å². The number of hydrogen-bond acceptors (Lipinski definition) is 4. The summed E-state index contributed by atoms with van der Waals surface area (Å²) in [5, 5.41) is 2.94. The van der Waals surface area contributed by atoms with E-state index in [1.807, 2.05) is 29.9 Å². The van der Waals surface area contributed by atoms with E-state index in [0.717, 1.165) is 27.0 Å². The molecule has 2 N–H and O–H groups in total. The fourth-order valence-electron chi connectivity index (χ4n) is 1.63. The van der Waals surface area contributed by atoms with Gasteiger partial charge in [0.15, 0.2) is 0 Å². The second-order valence-electron chi connectivity index (χ2n) is 3.51. The van der Waals surface area contributed by atoms with Crippen molar-refractivity contribution in [2.75, 3.05) is 5.73 Å². The molecule has 16 heavy (non-hydrogen) atoms. The molecule has 78 valence electrons. The zero-order chi connectivity index (χ0) is 11.0. The van der Waals surface area contributed by atoms with E-state index in [-0.39, 0.29) is 0 Å². The van der Waals surface area contributed by atoms with Gasteiger partial charge in [-0.1, -0.05) is 6.07 Å². The molecule has 3 rings (SSSR count). The third kappa shape index (κ3) is 1.44. The van der Waals surface area contributed by atoms with Crippen molar-refractivity contribution in [2.24, 2.45) is 0 Å². The van der Waals surface area contributed by atoms with Crippen LogP contribution in [-0.4, -0.2) is 9.97 Å². The van der Waals surface area contributed by atoms with Crippen molar-refractivity contribution >= 4 is 27.2 Å². The summed E-state index contributed by atoms with van der Waals surface area (Å²) in [6.07, 6.45) is 5.44. The monoisotopic (exact) mass is 227 g/mol. The highest BCUT2D eigenvalue weighted by molar-refractivity contribution is 7.17. The lowest BCUT2D eigenvalue weighted by atomic mass is 10.1. The molecule has 0 radical (unpaired) electrons. The first kappa shape index (κ1) is 9.30. The van der Waals surface area contributed by atoms with Gasteiger partial charge in [0.1, 0.15) is 4.83 Å². The number of rotatable bonds is 1. The van der Waals surface area contributed by atoms with Crippen LogP contribution in [0.15, 0.2) is 42.2 Å². The number of anilines is 1. The third-order valence-electron chi connectivity index (χ3n) is 2.45. The molecule has 3 nitrogen and oxygen atoms in total. The van der Waals surface area contributed by atoms with E-state index in [9.17, 15) is 0 Å². The molecule has 0 spiro atoms. The molecule has 3 aromatic heterocycles. The van der Waals surface area contributed by atoms with Crippen LogP contribution in [-0.2, 0) is 0 Å². The molecule has 0 saturated heterocycles. The van der Waals surface area contributed by atoms with Gasteiger partial charge in [-0.3, -0.25) is 4.98 Å². The molecular formula is C12H9N3S. The number of hydrogen-bond donors (Lipinski definition) is 1. The maximum Gasteiger partial charge on any atom is 0.125 e. The van der Waals surface area contributed by atoms with Crippen LogP contribution in [0.4, 0.5) is 5.69 Å². The zero-order valence-corrected chi connectivity index (χ0v) is 9.24. The van der Waals surface area contributed by atoms with Crippen LogP contribution in [0.1, 0.15) is 0 Å². The van der Waals surface area contributed by atoms with Crippen LogP contribution in [0, 0.1) is 0 Å². The average Bonchev–Trinajstić information content (AvgIpc) is 2.72. The number of pyridine rings is 2. The SMILES string of the molecule is Nc1csc2ncc(-c3cccnc3)cc12. The van der Waals surface area contributed by atoms with Crippen LogP contribution < -0.4 is 5.73 Å². The van der Waals surface area contributed by atoms with Crippen molar-refractivity contribution in [3.63, 3.8) is 0 Å². The van der Waals surface area contributed by atoms with Crippen molar-refractivity contribution in [1.29, 1.82) is 0 Å². The predicted molar refractivity (Wildman–Crippen MR) is 67.3 cm³/mol. The highest BCUT2D eigenvalue weighted by atomic mass is 32.1. The standard InChI is InChI=1S/C12H9N3S/c13-11-7-16-12-10(11)4-9(6-15-12)8-2-1-3-14-5-8/h1-7H,13H2. The third-order valence-corrected chi connectivity index (χ3v) is 3.37. The number of thiophene rings is 1. The molecule has 0 fully saturated rings. The second kappa shape index (κ2) is 3.57. The summed E-state index contributed by atoms with van der Waals surface area (Å²) in [4.78, 5) is 9.46. The summed E-state index contributed by atoms with van der Waals surface area (Å²) in [6, 6.07) is 5.99. The summed E-state index contributed by atoms with van der Waals surface area (Å²) >= 11 is 1.57. The average molecular weight is 227 g/mol. The molecule has 0 aliphatic heterocycles. The maximum atomic E-state index is 5.88. The molecule has 0 bridgehead atoms. The number of nitrogens with two attached hydrogens (primary N) is 1. The Bertz CT molecular complexity index is 631. The highest BCUT2D eigenvalue weighted by Gasteiger charge is 2.04. The molecule has 0 aliphatic rings. The Morgan fingerprint density at radius 3 is 2.94 bits per heavy atom. The first-order valence-corrected chi connectivity index (χ1v) is 5.76. The lowest BCUT2D eigenvalue weighted by Gasteiger charge is -2.00. The Balaban J connectivity index is 2.22. The van der Waals surface area contributed by atoms with Crippen molar-refractivity contribution in [2.45, 2.75) is 0 Å². The van der Waals surface area contributed by atoms with Gasteiger partial charge in [-0.2, -0.15) is 0 Å². The molecule has 0 amide bonds. The quantitative estimate of drug-likeness (QED) is 0.695. The van der Waals surface area contributed by atoms with E-state index >= 15 is 0 Å². The van der Waals surface area contributed by atoms with E-state index in [0.29, 0.717) is 0 Å². The van der Waals surface area contributed by atoms with Gasteiger partial charge >= 0.3 is 0 Å². The Morgan fingerprint density at radius 2 is 2.12 bits per heavy atom. The van der Waals surface area contributed by atoms with Crippen LogP contribution >= 0.6 is 11.3 Å². The summed E-state index contributed by atoms with van der Waals surface area (Å²) < 4.78 is 0. The van der Waals surface area contributed by atoms with Gasteiger partial charge in [-0.25, -0.2) is 4.98 Å². The van der Waals surface area contributed by atoms with E-state index in [4.69, 9.17) is 5.73 Å². The molecule has 3 aromatic rings. The number of nitrogens with zero attached hydrogens (tertiary/aromatic N) is 2. The van der Waals surface area contributed by atoms with Crippen LogP contribution in [0.3, 0.4) is 0 Å². The smallest absolute Gasteiger partial charge is 0.125 e. The maximum absolute atomic E-state index is 5.88. The molecule has 0 saturated carbocycles. The van der Waals surface area contributed by atoms with Crippen molar-refractivity contribution in [1.82, 2.24) is 9.97 Å². The van der Waals surface area contributed by atoms with Gasteiger partial charge < -0.3 is 5.73 Å². The highest BCUT2D eigenvalue weighted by Crippen LogP contribution is 2.29. The fraction of sp³-hybridized carbons (Fsp3) is 0. The minimum Gasteiger partial charge on any atom is -0.398 e. The summed E-state index contributed by atoms with van der Waals surface area (Å²) in [5.74, 6) is 0. The lowest BCUT2D eigenvalue weighted by Crippen LogP contribution is -1.84. The van der Waals surface area contributed by atoms with E-state index in [1.54, 1.807) is 17.5 Å². The summed E-state index contributed by atoms with van der Waals surface area (Å²) in [7, 11) is 0. The minimum absolute atomic E-state index is 0.790. The fourth-order valence-corrected chi connectivity index (χ4v) is 2.41. The predicted octanol–water partition coefficient (Wildman–Crippen LogP) is 2.94. The summed E-state index contributed by atoms with van der Waals surface area (Å²) in [6.45, 7) is 0. The van der Waals surface area contributed by atoms with Crippen molar-refractivity contribution < 1.29 is 0 Å². The van der Waals surface area contributed by atoms with Crippen molar-refractivity contribution in [3.8, 4) is 11.1 Å². The number of nitrogen functional groups attached to an aromatic ring is 1. The molecule has 0 aromatic carbocycles. The second-order valence-corrected chi connectivity index (χ2v) is 4.37. The van der Waals surface area contributed by atoms with Gasteiger partial charge in [0, 0.05) is 40.5 Å². The van der Waals surface area contributed by atoms with Crippen LogP contribution in [0.2, 0.25) is 0 Å². The topological polar surface area (TPSA) is 51.8 Å². The summed E-state index contributed by atoms with van der Waals surface area (Å²) in [5.41, 5.74) is 8.77. The lowest BCUT2D eigenvalue weighted by molar-refractivity contribution is 1.32. The minimum atomic E-state index is 0.790. The first-order valence-electron chi connectivity index (χ1n) is 4.88. The van der Waals surface area contributed by atoms with Gasteiger partial charge in [0.25, 0.3) is 0 Å². The molecule has 0 aliphatic carbocycles. The Hall–Kier alpha value is -1.94. The molecule has 4 heteroatoms. The molecule has 3 heterocycles. The van der Waals surface area contributed by atoms with Crippen LogP contribution in [0.25, 0.3) is 21.3 Å². The normalized spacial score (nSPS) is 10.8. The van der Waals surface area contributed by atoms with E-state index in [2.05, 4.69) is 16.0 Å². The van der Waals surface area contributed by atoms with Gasteiger partial charge in [0.2, 0.25) is 0 Å². The largest absolute Gasteiger partial charge is 0.398 e. The molecule has 0 unspecified atom stereocenters. The van der Waals surface area contributed by atoms with Crippen LogP contribution in [0.5, 0.6) is 0 Å².